The van der Waals surface area contributed by atoms with Crippen LogP contribution >= 0.6 is 0 Å². The maximum atomic E-state index is 12.2. The number of carbonyl (C=O) groups excluding carboxylic acids is 1. The molecule has 1 amide bonds. The largest absolute Gasteiger partial charge is 0.389 e. The molecule has 3 fully saturated rings. The summed E-state index contributed by atoms with van der Waals surface area (Å²) in [5.74, 6) is 0.859. The van der Waals surface area contributed by atoms with Crippen molar-refractivity contribution < 1.29 is 19.4 Å². The lowest BCUT2D eigenvalue weighted by Crippen LogP contribution is -2.56. The van der Waals surface area contributed by atoms with Crippen molar-refractivity contribution in [3.63, 3.8) is 0 Å². The Morgan fingerprint density at radius 1 is 1.22 bits per heavy atom. The third-order valence-corrected chi connectivity index (χ3v) is 5.79. The maximum absolute atomic E-state index is 12.2. The van der Waals surface area contributed by atoms with Crippen LogP contribution in [0.25, 0.3) is 0 Å². The topological polar surface area (TPSA) is 74.3 Å². The average Bonchev–Trinajstić information content (AvgIpc) is 3.41. The molecule has 0 aromatic heterocycles. The van der Waals surface area contributed by atoms with Crippen molar-refractivity contribution in [1.29, 1.82) is 0 Å². The second-order valence-corrected chi connectivity index (χ2v) is 8.74. The third-order valence-electron chi connectivity index (χ3n) is 5.79. The fraction of sp³-hybridized carbons (Fsp3) is 0.950. The van der Waals surface area contributed by atoms with Crippen LogP contribution in [0.2, 0.25) is 0 Å². The molecular weight excluding hydrogens is 346 g/mol. The van der Waals surface area contributed by atoms with Crippen molar-refractivity contribution in [2.45, 2.75) is 62.9 Å². The van der Waals surface area contributed by atoms with E-state index < -0.39 is 6.10 Å². The van der Waals surface area contributed by atoms with Gasteiger partial charge in [-0.25, -0.2) is 0 Å². The highest BCUT2D eigenvalue weighted by atomic mass is 16.5. The number of β-amino-alcohol motifs (C(OH)–C–C–N with tert-alkyl or cyclic N) is 1. The number of carbonyl (C=O) groups is 1. The lowest BCUT2D eigenvalue weighted by Gasteiger charge is -2.44. The van der Waals surface area contributed by atoms with Gasteiger partial charge in [0.1, 0.15) is 0 Å². The summed E-state index contributed by atoms with van der Waals surface area (Å²) in [6.45, 7) is 4.28. The van der Waals surface area contributed by atoms with Gasteiger partial charge < -0.3 is 24.8 Å². The van der Waals surface area contributed by atoms with Crippen molar-refractivity contribution in [1.82, 2.24) is 15.1 Å². The van der Waals surface area contributed by atoms with Crippen LogP contribution < -0.4 is 5.32 Å². The van der Waals surface area contributed by atoms with Crippen molar-refractivity contribution in [2.24, 2.45) is 5.92 Å². The third kappa shape index (κ3) is 6.98. The number of aliphatic hydroxyl groups excluding tert-OH is 1. The number of rotatable bonds is 8. The number of hydrogen-bond acceptors (Lipinski definition) is 6. The molecular formula is C20H37N3O4. The van der Waals surface area contributed by atoms with Gasteiger partial charge in [0.05, 0.1) is 37.9 Å². The summed E-state index contributed by atoms with van der Waals surface area (Å²) in [4.78, 5) is 16.8. The molecule has 2 saturated heterocycles. The normalized spacial score (nSPS) is 32.6. The van der Waals surface area contributed by atoms with Gasteiger partial charge in [0.25, 0.3) is 0 Å². The molecule has 3 aliphatic rings. The first kappa shape index (κ1) is 21.0. The molecule has 1 aliphatic carbocycles. The zero-order valence-corrected chi connectivity index (χ0v) is 16.9. The fourth-order valence-electron chi connectivity index (χ4n) is 4.19. The maximum Gasteiger partial charge on any atom is 0.222 e. The van der Waals surface area contributed by atoms with Gasteiger partial charge in [-0.1, -0.05) is 0 Å². The molecule has 0 aromatic carbocycles. The summed E-state index contributed by atoms with van der Waals surface area (Å²) in [5.41, 5.74) is 0. The zero-order valence-electron chi connectivity index (χ0n) is 16.9. The molecule has 0 aromatic rings. The lowest BCUT2D eigenvalue weighted by atomic mass is 9.94. The van der Waals surface area contributed by atoms with E-state index in [1.165, 1.54) is 12.8 Å². The van der Waals surface area contributed by atoms with Gasteiger partial charge in [-0.3, -0.25) is 9.69 Å². The fourth-order valence-corrected chi connectivity index (χ4v) is 4.19. The molecule has 0 radical (unpaired) electrons. The van der Waals surface area contributed by atoms with E-state index in [9.17, 15) is 9.90 Å². The van der Waals surface area contributed by atoms with Gasteiger partial charge >= 0.3 is 0 Å². The van der Waals surface area contributed by atoms with E-state index in [1.54, 1.807) is 0 Å². The van der Waals surface area contributed by atoms with E-state index >= 15 is 0 Å². The van der Waals surface area contributed by atoms with E-state index in [0.717, 1.165) is 38.3 Å². The predicted molar refractivity (Wildman–Crippen MR) is 104 cm³/mol. The minimum absolute atomic E-state index is 0.00320. The molecule has 1 saturated carbocycles. The molecule has 2 heterocycles. The van der Waals surface area contributed by atoms with Crippen LogP contribution in [-0.2, 0) is 14.3 Å². The minimum atomic E-state index is -0.421. The highest BCUT2D eigenvalue weighted by molar-refractivity contribution is 5.76. The summed E-state index contributed by atoms with van der Waals surface area (Å²) >= 11 is 0. The van der Waals surface area contributed by atoms with Crippen LogP contribution in [0.3, 0.4) is 0 Å². The Bertz CT molecular complexity index is 472. The highest BCUT2D eigenvalue weighted by Gasteiger charge is 2.39. The van der Waals surface area contributed by atoms with Crippen LogP contribution in [0.5, 0.6) is 0 Å². The SMILES string of the molecule is CN(C)CCCNC(=O)C[C@@H]1CC[C@H]2[C@@H](COC[C@@H](O)CN2CC2CC2)O1. The highest BCUT2D eigenvalue weighted by Crippen LogP contribution is 2.34. The Kier molecular flexibility index (Phi) is 7.90. The number of aliphatic hydroxyl groups is 1. The number of amides is 1. The van der Waals surface area contributed by atoms with Crippen molar-refractivity contribution >= 4 is 5.91 Å². The molecule has 7 heteroatoms. The number of nitrogens with zero attached hydrogens (tertiary/aromatic N) is 2. The summed E-state index contributed by atoms with van der Waals surface area (Å²) in [6, 6.07) is 0.292. The van der Waals surface area contributed by atoms with Gasteiger partial charge in [0.15, 0.2) is 0 Å². The van der Waals surface area contributed by atoms with Gasteiger partial charge in [-0.2, -0.15) is 0 Å². The van der Waals surface area contributed by atoms with Gasteiger partial charge in [-0.15, -0.1) is 0 Å². The molecule has 3 rings (SSSR count). The summed E-state index contributed by atoms with van der Waals surface area (Å²) in [7, 11) is 4.08. The molecule has 4 atom stereocenters. The Hall–Kier alpha value is -0.730. The number of ether oxygens (including phenoxy) is 2. The van der Waals surface area contributed by atoms with Crippen LogP contribution in [0, 0.1) is 5.92 Å². The van der Waals surface area contributed by atoms with E-state index in [-0.39, 0.29) is 18.1 Å². The standard InChI is InChI=1S/C20H37N3O4/c1-22(2)9-3-8-21-20(25)10-17-6-7-18-19(27-17)14-26-13-16(24)12-23(18)11-15-4-5-15/h15-19,24H,3-14H2,1-2H3,(H,21,25)/t16-,17-,18-,19+/m0/s1. The minimum Gasteiger partial charge on any atom is -0.389 e. The zero-order chi connectivity index (χ0) is 19.2. The van der Waals surface area contributed by atoms with E-state index in [2.05, 4.69) is 15.1 Å². The van der Waals surface area contributed by atoms with Crippen LogP contribution in [0.4, 0.5) is 0 Å². The first-order valence-electron chi connectivity index (χ1n) is 10.6. The summed E-state index contributed by atoms with van der Waals surface area (Å²) in [6.07, 6.45) is 5.44. The molecule has 0 bridgehead atoms. The van der Waals surface area contributed by atoms with Gasteiger partial charge in [0, 0.05) is 25.7 Å². The Labute approximate surface area is 163 Å². The monoisotopic (exact) mass is 383 g/mol. The quantitative estimate of drug-likeness (QED) is 0.594. The molecule has 2 aliphatic heterocycles. The van der Waals surface area contributed by atoms with Crippen LogP contribution in [0.15, 0.2) is 0 Å². The Morgan fingerprint density at radius 2 is 2.04 bits per heavy atom. The van der Waals surface area contributed by atoms with E-state index in [0.29, 0.717) is 38.8 Å². The first-order chi connectivity index (χ1) is 13.0. The molecule has 2 N–H and O–H groups in total. The molecule has 0 unspecified atom stereocenters. The second kappa shape index (κ2) is 10.2. The number of fused-ring (bicyclic) bond motifs is 1. The number of hydrogen-bond donors (Lipinski definition) is 2. The van der Waals surface area contributed by atoms with Crippen molar-refractivity contribution in [3.05, 3.63) is 0 Å². The number of nitrogens with one attached hydrogen (secondary N) is 1. The summed E-state index contributed by atoms with van der Waals surface area (Å²) in [5, 5.41) is 13.2. The first-order valence-corrected chi connectivity index (χ1v) is 10.6. The van der Waals surface area contributed by atoms with Crippen molar-refractivity contribution in [3.8, 4) is 0 Å². The Morgan fingerprint density at radius 3 is 2.78 bits per heavy atom. The second-order valence-electron chi connectivity index (χ2n) is 8.74. The summed E-state index contributed by atoms with van der Waals surface area (Å²) < 4.78 is 12.0. The van der Waals surface area contributed by atoms with Gasteiger partial charge in [0.2, 0.25) is 5.91 Å². The molecule has 156 valence electrons. The Balaban J connectivity index is 1.46. The van der Waals surface area contributed by atoms with E-state index in [4.69, 9.17) is 9.47 Å². The van der Waals surface area contributed by atoms with Gasteiger partial charge in [-0.05, 0) is 58.7 Å². The van der Waals surface area contributed by atoms with Crippen molar-refractivity contribution in [2.75, 3.05) is 53.5 Å². The average molecular weight is 384 g/mol. The van der Waals surface area contributed by atoms with Crippen LogP contribution in [0.1, 0.15) is 38.5 Å². The molecule has 27 heavy (non-hydrogen) atoms. The van der Waals surface area contributed by atoms with E-state index in [1.807, 2.05) is 14.1 Å². The lowest BCUT2D eigenvalue weighted by molar-refractivity contribution is -0.157. The molecule has 0 spiro atoms. The van der Waals surface area contributed by atoms with Crippen LogP contribution in [-0.4, -0.2) is 98.7 Å². The molecule has 7 nitrogen and oxygen atoms in total. The smallest absolute Gasteiger partial charge is 0.222 e. The predicted octanol–water partition coefficient (Wildman–Crippen LogP) is 0.464.